The van der Waals surface area contributed by atoms with Crippen molar-refractivity contribution in [1.82, 2.24) is 10.2 Å². The summed E-state index contributed by atoms with van der Waals surface area (Å²) in [6.07, 6.45) is 1.35. The van der Waals surface area contributed by atoms with Crippen molar-refractivity contribution in [3.8, 4) is 0 Å². The molecule has 0 aromatic heterocycles. The topological polar surface area (TPSA) is 15.3 Å². The SMILES string of the molecule is CC1CSCCN(CC2(C)CCNC2)C1. The van der Waals surface area contributed by atoms with E-state index >= 15 is 0 Å². The van der Waals surface area contributed by atoms with Gasteiger partial charge in [0.15, 0.2) is 0 Å². The molecule has 0 spiro atoms. The first-order chi connectivity index (χ1) is 7.18. The third-order valence-electron chi connectivity index (χ3n) is 3.59. The van der Waals surface area contributed by atoms with Crippen molar-refractivity contribution < 1.29 is 0 Å². The van der Waals surface area contributed by atoms with Gasteiger partial charge in [0.05, 0.1) is 0 Å². The average Bonchev–Trinajstić information content (AvgIpc) is 2.49. The predicted octanol–water partition coefficient (Wildman–Crippen LogP) is 1.67. The molecule has 2 aliphatic rings. The molecule has 0 saturated carbocycles. The second-order valence-corrected chi connectivity index (χ2v) is 6.80. The van der Waals surface area contributed by atoms with Gasteiger partial charge in [0.2, 0.25) is 0 Å². The standard InChI is InChI=1S/C12H24N2S/c1-11-7-14(5-6-15-8-11)10-12(2)3-4-13-9-12/h11,13H,3-10H2,1-2H3. The van der Waals surface area contributed by atoms with E-state index in [1.807, 2.05) is 0 Å². The molecule has 2 saturated heterocycles. The molecule has 0 amide bonds. The quantitative estimate of drug-likeness (QED) is 0.774. The van der Waals surface area contributed by atoms with Gasteiger partial charge in [-0.3, -0.25) is 0 Å². The summed E-state index contributed by atoms with van der Waals surface area (Å²) in [5, 5.41) is 3.50. The summed E-state index contributed by atoms with van der Waals surface area (Å²) in [6.45, 7) is 11.2. The Morgan fingerprint density at radius 2 is 2.40 bits per heavy atom. The summed E-state index contributed by atoms with van der Waals surface area (Å²) in [7, 11) is 0. The number of thioether (sulfide) groups is 1. The molecule has 15 heavy (non-hydrogen) atoms. The molecule has 1 N–H and O–H groups in total. The molecule has 2 atom stereocenters. The lowest BCUT2D eigenvalue weighted by molar-refractivity contribution is 0.173. The minimum absolute atomic E-state index is 0.536. The molecule has 2 nitrogen and oxygen atoms in total. The monoisotopic (exact) mass is 228 g/mol. The highest BCUT2D eigenvalue weighted by molar-refractivity contribution is 7.99. The van der Waals surface area contributed by atoms with E-state index in [0.29, 0.717) is 5.41 Å². The molecule has 0 radical (unpaired) electrons. The first-order valence-electron chi connectivity index (χ1n) is 6.19. The molecule has 0 aromatic carbocycles. The highest BCUT2D eigenvalue weighted by Gasteiger charge is 2.31. The Balaban J connectivity index is 1.86. The Labute approximate surface area is 98.2 Å². The zero-order valence-electron chi connectivity index (χ0n) is 10.1. The Hall–Kier alpha value is 0.270. The van der Waals surface area contributed by atoms with Crippen molar-refractivity contribution in [2.45, 2.75) is 20.3 Å². The maximum Gasteiger partial charge on any atom is 0.00727 e. The van der Waals surface area contributed by atoms with Crippen LogP contribution in [-0.4, -0.2) is 49.1 Å². The van der Waals surface area contributed by atoms with Gasteiger partial charge in [-0.1, -0.05) is 13.8 Å². The lowest BCUT2D eigenvalue weighted by Gasteiger charge is -2.31. The van der Waals surface area contributed by atoms with Crippen molar-refractivity contribution in [2.75, 3.05) is 44.2 Å². The van der Waals surface area contributed by atoms with Crippen LogP contribution in [0.15, 0.2) is 0 Å². The van der Waals surface area contributed by atoms with Gasteiger partial charge in [-0.15, -0.1) is 0 Å². The molecule has 2 fully saturated rings. The molecule has 2 rings (SSSR count). The second kappa shape index (κ2) is 5.07. The van der Waals surface area contributed by atoms with Crippen LogP contribution in [0.1, 0.15) is 20.3 Å². The van der Waals surface area contributed by atoms with Crippen molar-refractivity contribution in [2.24, 2.45) is 11.3 Å². The Morgan fingerprint density at radius 3 is 3.13 bits per heavy atom. The summed E-state index contributed by atoms with van der Waals surface area (Å²) in [4.78, 5) is 2.69. The molecule has 0 aliphatic carbocycles. The first-order valence-corrected chi connectivity index (χ1v) is 7.34. The third kappa shape index (κ3) is 3.36. The van der Waals surface area contributed by atoms with Crippen LogP contribution in [0.4, 0.5) is 0 Å². The fourth-order valence-corrected chi connectivity index (χ4v) is 3.81. The summed E-state index contributed by atoms with van der Waals surface area (Å²) in [6, 6.07) is 0. The molecular formula is C12H24N2S. The van der Waals surface area contributed by atoms with Crippen molar-refractivity contribution in [3.05, 3.63) is 0 Å². The summed E-state index contributed by atoms with van der Waals surface area (Å²) < 4.78 is 0. The van der Waals surface area contributed by atoms with E-state index in [2.05, 4.69) is 35.8 Å². The maximum atomic E-state index is 3.50. The summed E-state index contributed by atoms with van der Waals surface area (Å²) in [5.74, 6) is 3.55. The van der Waals surface area contributed by atoms with Crippen LogP contribution in [0.3, 0.4) is 0 Å². The normalized spacial score (nSPS) is 39.2. The van der Waals surface area contributed by atoms with E-state index in [9.17, 15) is 0 Å². The molecule has 2 unspecified atom stereocenters. The first kappa shape index (κ1) is 11.7. The van der Waals surface area contributed by atoms with Gasteiger partial charge in [-0.05, 0) is 30.1 Å². The minimum atomic E-state index is 0.536. The average molecular weight is 228 g/mol. The molecule has 88 valence electrons. The van der Waals surface area contributed by atoms with Crippen LogP contribution in [0, 0.1) is 11.3 Å². The second-order valence-electron chi connectivity index (χ2n) is 5.65. The van der Waals surface area contributed by atoms with Crippen LogP contribution < -0.4 is 5.32 Å². The van der Waals surface area contributed by atoms with Gasteiger partial charge in [0, 0.05) is 31.9 Å². The van der Waals surface area contributed by atoms with Gasteiger partial charge in [-0.25, -0.2) is 0 Å². The molecule has 3 heteroatoms. The van der Waals surface area contributed by atoms with Crippen LogP contribution in [0.5, 0.6) is 0 Å². The van der Waals surface area contributed by atoms with Crippen LogP contribution in [-0.2, 0) is 0 Å². The molecule has 2 aliphatic heterocycles. The largest absolute Gasteiger partial charge is 0.316 e. The van der Waals surface area contributed by atoms with Crippen molar-refractivity contribution >= 4 is 11.8 Å². The maximum absolute atomic E-state index is 3.50. The number of nitrogens with one attached hydrogen (secondary N) is 1. The van der Waals surface area contributed by atoms with E-state index in [1.54, 1.807) is 0 Å². The number of hydrogen-bond donors (Lipinski definition) is 1. The van der Waals surface area contributed by atoms with E-state index in [4.69, 9.17) is 0 Å². The van der Waals surface area contributed by atoms with Gasteiger partial charge >= 0.3 is 0 Å². The minimum Gasteiger partial charge on any atom is -0.316 e. The van der Waals surface area contributed by atoms with Gasteiger partial charge < -0.3 is 10.2 Å². The molecular weight excluding hydrogens is 204 g/mol. The van der Waals surface area contributed by atoms with Crippen LogP contribution in [0.2, 0.25) is 0 Å². The van der Waals surface area contributed by atoms with Crippen molar-refractivity contribution in [3.63, 3.8) is 0 Å². The van der Waals surface area contributed by atoms with Crippen molar-refractivity contribution in [1.29, 1.82) is 0 Å². The van der Waals surface area contributed by atoms with Gasteiger partial charge in [0.1, 0.15) is 0 Å². The number of hydrogen-bond acceptors (Lipinski definition) is 3. The zero-order chi connectivity index (χ0) is 10.7. The third-order valence-corrected chi connectivity index (χ3v) is 4.86. The fourth-order valence-electron chi connectivity index (χ4n) is 2.75. The highest BCUT2D eigenvalue weighted by atomic mass is 32.2. The van der Waals surface area contributed by atoms with Gasteiger partial charge in [0.25, 0.3) is 0 Å². The van der Waals surface area contributed by atoms with E-state index in [-0.39, 0.29) is 0 Å². The number of rotatable bonds is 2. The smallest absolute Gasteiger partial charge is 0.00727 e. The van der Waals surface area contributed by atoms with E-state index in [0.717, 1.165) is 5.92 Å². The van der Waals surface area contributed by atoms with E-state index < -0.39 is 0 Å². The molecule has 0 aromatic rings. The molecule has 2 heterocycles. The van der Waals surface area contributed by atoms with Crippen LogP contribution in [0.25, 0.3) is 0 Å². The lowest BCUT2D eigenvalue weighted by atomic mass is 9.89. The summed E-state index contributed by atoms with van der Waals surface area (Å²) in [5.41, 5.74) is 0.536. The Morgan fingerprint density at radius 1 is 1.53 bits per heavy atom. The zero-order valence-corrected chi connectivity index (χ0v) is 10.9. The van der Waals surface area contributed by atoms with Crippen LogP contribution >= 0.6 is 11.8 Å². The van der Waals surface area contributed by atoms with E-state index in [1.165, 1.54) is 50.7 Å². The fraction of sp³-hybridized carbons (Fsp3) is 1.00. The number of nitrogens with zero attached hydrogens (tertiary/aromatic N) is 1. The predicted molar refractivity (Wildman–Crippen MR) is 68.5 cm³/mol. The summed E-state index contributed by atoms with van der Waals surface area (Å²) >= 11 is 2.13. The molecule has 0 bridgehead atoms. The highest BCUT2D eigenvalue weighted by Crippen LogP contribution is 2.27. The Kier molecular flexibility index (Phi) is 3.97. The Bertz CT molecular complexity index is 202. The van der Waals surface area contributed by atoms with Gasteiger partial charge in [-0.2, -0.15) is 11.8 Å². The lowest BCUT2D eigenvalue weighted by Crippen LogP contribution is -2.39.